The van der Waals surface area contributed by atoms with Crippen molar-refractivity contribution in [2.24, 2.45) is 5.73 Å². The summed E-state index contributed by atoms with van der Waals surface area (Å²) < 4.78 is 32.1. The van der Waals surface area contributed by atoms with Crippen LogP contribution < -0.4 is 5.73 Å². The van der Waals surface area contributed by atoms with Crippen LogP contribution in [0.15, 0.2) is 34.9 Å². The lowest BCUT2D eigenvalue weighted by Crippen LogP contribution is -2.31. The first kappa shape index (κ1) is 14.7. The smallest absolute Gasteiger partial charge is 0.130 e. The summed E-state index contributed by atoms with van der Waals surface area (Å²) in [5, 5.41) is 0. The molecule has 1 unspecified atom stereocenters. The van der Waals surface area contributed by atoms with Gasteiger partial charge in [-0.2, -0.15) is 0 Å². The number of likely N-dealkylation sites (N-methyl/N-ethyl adjacent to an activating group) is 1. The Morgan fingerprint density at radius 2 is 2.05 bits per heavy atom. The molecule has 0 fully saturated rings. The average molecular weight is 280 g/mol. The number of aryl methyl sites for hydroxylation is 1. The summed E-state index contributed by atoms with van der Waals surface area (Å²) >= 11 is 0. The molecule has 0 spiro atoms. The Morgan fingerprint density at radius 3 is 2.60 bits per heavy atom. The van der Waals surface area contributed by atoms with E-state index >= 15 is 0 Å². The third kappa shape index (κ3) is 3.05. The van der Waals surface area contributed by atoms with Crippen molar-refractivity contribution in [3.8, 4) is 0 Å². The second-order valence-electron chi connectivity index (χ2n) is 4.83. The van der Waals surface area contributed by atoms with E-state index in [0.29, 0.717) is 12.1 Å². The van der Waals surface area contributed by atoms with E-state index in [1.54, 1.807) is 6.26 Å². The second kappa shape index (κ2) is 6.15. The summed E-state index contributed by atoms with van der Waals surface area (Å²) in [6, 6.07) is 5.14. The van der Waals surface area contributed by atoms with E-state index in [1.807, 2.05) is 24.9 Å². The summed E-state index contributed by atoms with van der Waals surface area (Å²) in [5.41, 5.74) is 7.18. The highest BCUT2D eigenvalue weighted by atomic mass is 19.1. The molecule has 0 aliphatic rings. The fourth-order valence-corrected chi connectivity index (χ4v) is 2.27. The molecule has 20 heavy (non-hydrogen) atoms. The number of rotatable bonds is 5. The summed E-state index contributed by atoms with van der Waals surface area (Å²) in [7, 11) is 1.85. The molecule has 3 nitrogen and oxygen atoms in total. The predicted octanol–water partition coefficient (Wildman–Crippen LogP) is 3.00. The molecule has 0 amide bonds. The Bertz CT molecular complexity index is 583. The van der Waals surface area contributed by atoms with E-state index in [1.165, 1.54) is 12.1 Å². The summed E-state index contributed by atoms with van der Waals surface area (Å²) in [5.74, 6) is -0.334. The minimum atomic E-state index is -0.588. The Labute approximate surface area is 117 Å². The van der Waals surface area contributed by atoms with Gasteiger partial charge in [0.25, 0.3) is 0 Å². The topological polar surface area (TPSA) is 42.4 Å². The third-order valence-electron chi connectivity index (χ3n) is 3.46. The van der Waals surface area contributed by atoms with Gasteiger partial charge in [-0.25, -0.2) is 8.78 Å². The molecular weight excluding hydrogens is 262 g/mol. The minimum Gasteiger partial charge on any atom is -0.469 e. The van der Waals surface area contributed by atoms with Crippen molar-refractivity contribution >= 4 is 0 Å². The predicted molar refractivity (Wildman–Crippen MR) is 73.1 cm³/mol. The average Bonchev–Trinajstić information content (AvgIpc) is 2.78. The first-order chi connectivity index (χ1) is 9.52. The van der Waals surface area contributed by atoms with Gasteiger partial charge in [-0.15, -0.1) is 0 Å². The van der Waals surface area contributed by atoms with Crippen LogP contribution in [0.4, 0.5) is 8.78 Å². The molecule has 0 saturated carbocycles. The molecule has 0 bridgehead atoms. The van der Waals surface area contributed by atoms with Gasteiger partial charge >= 0.3 is 0 Å². The largest absolute Gasteiger partial charge is 0.469 e. The van der Waals surface area contributed by atoms with E-state index in [4.69, 9.17) is 10.2 Å². The van der Waals surface area contributed by atoms with Crippen LogP contribution in [0.1, 0.15) is 22.9 Å². The van der Waals surface area contributed by atoms with Gasteiger partial charge in [0.1, 0.15) is 17.4 Å². The SMILES string of the molecule is Cc1occc1CN(C)C(CN)c1ccc(F)cc1F. The minimum absolute atomic E-state index is 0.246. The maximum Gasteiger partial charge on any atom is 0.130 e. The maximum absolute atomic E-state index is 13.9. The Kier molecular flexibility index (Phi) is 4.52. The van der Waals surface area contributed by atoms with Crippen LogP contribution in [0.5, 0.6) is 0 Å². The van der Waals surface area contributed by atoms with Crippen LogP contribution in [-0.2, 0) is 6.54 Å². The lowest BCUT2D eigenvalue weighted by Gasteiger charge is -2.27. The van der Waals surface area contributed by atoms with Crippen LogP contribution in [0.25, 0.3) is 0 Å². The maximum atomic E-state index is 13.9. The van der Waals surface area contributed by atoms with Gasteiger partial charge in [0, 0.05) is 36.3 Å². The molecule has 2 N–H and O–H groups in total. The highest BCUT2D eigenvalue weighted by Gasteiger charge is 2.20. The van der Waals surface area contributed by atoms with Crippen LogP contribution in [0, 0.1) is 18.6 Å². The molecule has 0 aliphatic heterocycles. The number of furan rings is 1. The van der Waals surface area contributed by atoms with Gasteiger partial charge in [0.2, 0.25) is 0 Å². The number of halogens is 2. The lowest BCUT2D eigenvalue weighted by atomic mass is 10.0. The number of benzene rings is 1. The second-order valence-corrected chi connectivity index (χ2v) is 4.83. The molecule has 0 saturated heterocycles. The molecule has 1 aromatic heterocycles. The van der Waals surface area contributed by atoms with Crippen molar-refractivity contribution in [3.63, 3.8) is 0 Å². The zero-order valence-corrected chi connectivity index (χ0v) is 11.6. The highest BCUT2D eigenvalue weighted by molar-refractivity contribution is 5.23. The lowest BCUT2D eigenvalue weighted by molar-refractivity contribution is 0.235. The molecular formula is C15H18F2N2O. The van der Waals surface area contributed by atoms with Gasteiger partial charge in [0.15, 0.2) is 0 Å². The van der Waals surface area contributed by atoms with Crippen molar-refractivity contribution in [1.82, 2.24) is 4.90 Å². The zero-order chi connectivity index (χ0) is 14.7. The molecule has 5 heteroatoms. The van der Waals surface area contributed by atoms with Gasteiger partial charge in [-0.1, -0.05) is 6.07 Å². The van der Waals surface area contributed by atoms with E-state index in [-0.39, 0.29) is 12.6 Å². The van der Waals surface area contributed by atoms with Crippen LogP contribution in [0.3, 0.4) is 0 Å². The molecule has 2 aromatic rings. The quantitative estimate of drug-likeness (QED) is 0.915. The van der Waals surface area contributed by atoms with E-state index in [9.17, 15) is 8.78 Å². The Balaban J connectivity index is 2.21. The van der Waals surface area contributed by atoms with Crippen molar-refractivity contribution in [3.05, 3.63) is 59.1 Å². The van der Waals surface area contributed by atoms with E-state index in [2.05, 4.69) is 0 Å². The number of hydrogen-bond acceptors (Lipinski definition) is 3. The first-order valence-electron chi connectivity index (χ1n) is 6.41. The van der Waals surface area contributed by atoms with Crippen molar-refractivity contribution in [2.45, 2.75) is 19.5 Å². The first-order valence-corrected chi connectivity index (χ1v) is 6.41. The number of nitrogens with zero attached hydrogens (tertiary/aromatic N) is 1. The molecule has 1 aromatic carbocycles. The molecule has 108 valence electrons. The number of hydrogen-bond donors (Lipinski definition) is 1. The molecule has 0 radical (unpaired) electrons. The molecule has 2 rings (SSSR count). The summed E-state index contributed by atoms with van der Waals surface area (Å²) in [6.07, 6.45) is 1.62. The van der Waals surface area contributed by atoms with Crippen LogP contribution >= 0.6 is 0 Å². The van der Waals surface area contributed by atoms with Crippen molar-refractivity contribution < 1.29 is 13.2 Å². The fraction of sp³-hybridized carbons (Fsp3) is 0.333. The fourth-order valence-electron chi connectivity index (χ4n) is 2.27. The van der Waals surface area contributed by atoms with Gasteiger partial charge in [0.05, 0.1) is 6.26 Å². The highest BCUT2D eigenvalue weighted by Crippen LogP contribution is 2.24. The summed E-state index contributed by atoms with van der Waals surface area (Å²) in [6.45, 7) is 2.70. The van der Waals surface area contributed by atoms with Crippen molar-refractivity contribution in [1.29, 1.82) is 0 Å². The number of nitrogens with two attached hydrogens (primary N) is 1. The van der Waals surface area contributed by atoms with Crippen LogP contribution in [0.2, 0.25) is 0 Å². The summed E-state index contributed by atoms with van der Waals surface area (Å²) in [4.78, 5) is 1.92. The van der Waals surface area contributed by atoms with Gasteiger partial charge in [-0.05, 0) is 26.1 Å². The molecule has 0 aliphatic carbocycles. The van der Waals surface area contributed by atoms with Crippen LogP contribution in [-0.4, -0.2) is 18.5 Å². The normalized spacial score (nSPS) is 12.9. The Morgan fingerprint density at radius 1 is 1.30 bits per heavy atom. The Hall–Kier alpha value is -1.72. The zero-order valence-electron chi connectivity index (χ0n) is 11.6. The van der Waals surface area contributed by atoms with Crippen molar-refractivity contribution in [2.75, 3.05) is 13.6 Å². The molecule has 1 atom stereocenters. The van der Waals surface area contributed by atoms with E-state index < -0.39 is 11.6 Å². The monoisotopic (exact) mass is 280 g/mol. The standard InChI is InChI=1S/C15H18F2N2O/c1-10-11(5-6-20-10)9-19(2)15(8-18)13-4-3-12(16)7-14(13)17/h3-7,15H,8-9,18H2,1-2H3. The molecule has 1 heterocycles. The third-order valence-corrected chi connectivity index (χ3v) is 3.46. The van der Waals surface area contributed by atoms with Gasteiger partial charge < -0.3 is 10.2 Å². The van der Waals surface area contributed by atoms with E-state index in [0.717, 1.165) is 17.4 Å². The van der Waals surface area contributed by atoms with Gasteiger partial charge in [-0.3, -0.25) is 4.90 Å².